The zero-order chi connectivity index (χ0) is 24.2. The number of urea groups is 1. The largest absolute Gasteiger partial charge is 0.494 e. The van der Waals surface area contributed by atoms with Gasteiger partial charge >= 0.3 is 24.6 Å². The van der Waals surface area contributed by atoms with Crippen molar-refractivity contribution >= 4 is 22.0 Å². The summed E-state index contributed by atoms with van der Waals surface area (Å²) in [5.41, 5.74) is -0.740. The van der Waals surface area contributed by atoms with Gasteiger partial charge in [0.05, 0.1) is 23.5 Å². The lowest BCUT2D eigenvalue weighted by Crippen LogP contribution is -2.53. The van der Waals surface area contributed by atoms with Crippen molar-refractivity contribution in [1.29, 1.82) is 0 Å². The fraction of sp³-hybridized carbons (Fsp3) is 0.625. The van der Waals surface area contributed by atoms with Gasteiger partial charge in [-0.05, 0) is 35.3 Å². The molecule has 1 heterocycles. The second-order valence-electron chi connectivity index (χ2n) is 6.17. The molecule has 0 saturated heterocycles. The third kappa shape index (κ3) is 7.92. The Hall–Kier alpha value is -1.93. The first-order valence-corrected chi connectivity index (χ1v) is 9.27. The van der Waals surface area contributed by atoms with E-state index in [4.69, 9.17) is 4.74 Å². The first-order chi connectivity index (χ1) is 14.0. The summed E-state index contributed by atoms with van der Waals surface area (Å²) in [5.74, 6) is 0.0569. The number of hydrogen-bond acceptors (Lipinski definition) is 3. The first-order valence-electron chi connectivity index (χ1n) is 8.48. The van der Waals surface area contributed by atoms with Crippen molar-refractivity contribution in [3.63, 3.8) is 0 Å². The summed E-state index contributed by atoms with van der Waals surface area (Å²) in [6.07, 6.45) is -18.0. The van der Waals surface area contributed by atoms with Crippen LogP contribution in [0, 0.1) is 0 Å². The average Bonchev–Trinajstić information content (AvgIpc) is 2.59. The molecule has 178 valence electrons. The number of hydrogen-bond donors (Lipinski definition) is 1. The van der Waals surface area contributed by atoms with Crippen LogP contribution in [-0.4, -0.2) is 54.1 Å². The predicted octanol–water partition coefficient (Wildman–Crippen LogP) is 5.76. The van der Waals surface area contributed by atoms with Crippen LogP contribution in [0.2, 0.25) is 0 Å². The third-order valence-corrected chi connectivity index (χ3v) is 4.59. The van der Waals surface area contributed by atoms with E-state index in [0.717, 1.165) is 19.2 Å². The highest BCUT2D eigenvalue weighted by Crippen LogP contribution is 2.39. The number of alkyl halides is 9. The minimum atomic E-state index is -5.31. The number of halogens is 10. The lowest BCUT2D eigenvalue weighted by atomic mass is 10.1. The quantitative estimate of drug-likeness (QED) is 0.453. The summed E-state index contributed by atoms with van der Waals surface area (Å²) in [6.45, 7) is 0.348. The van der Waals surface area contributed by atoms with E-state index in [2.05, 4.69) is 20.9 Å². The summed E-state index contributed by atoms with van der Waals surface area (Å²) >= 11 is 2.95. The van der Waals surface area contributed by atoms with Gasteiger partial charge in [-0.2, -0.15) is 39.5 Å². The number of nitrogens with zero attached hydrogens (tertiary/aromatic N) is 2. The molecule has 1 N–H and O–H groups in total. The van der Waals surface area contributed by atoms with Gasteiger partial charge in [-0.15, -0.1) is 0 Å². The Morgan fingerprint density at radius 3 is 2.13 bits per heavy atom. The number of ether oxygens (including phenoxy) is 1. The molecule has 1 aromatic heterocycles. The van der Waals surface area contributed by atoms with Crippen LogP contribution in [0.4, 0.5) is 44.3 Å². The Balaban J connectivity index is 3.25. The molecule has 5 nitrogen and oxygen atoms in total. The minimum absolute atomic E-state index is 0.00752. The van der Waals surface area contributed by atoms with Gasteiger partial charge in [-0.25, -0.2) is 4.79 Å². The van der Waals surface area contributed by atoms with Gasteiger partial charge in [0.25, 0.3) is 0 Å². The molecule has 0 radical (unpaired) electrons. The van der Waals surface area contributed by atoms with Crippen LogP contribution in [0.3, 0.4) is 0 Å². The highest BCUT2D eigenvalue weighted by atomic mass is 79.9. The molecule has 2 atom stereocenters. The molecule has 1 aromatic rings. The SMILES string of the molecule is CCN(C(=O)N[C@@H](CCC(F)(F)F)C(F)(F)F)[C@@H](c1cc(Br)c(OC)cn1)C(F)(F)F. The fourth-order valence-electron chi connectivity index (χ4n) is 2.54. The van der Waals surface area contributed by atoms with E-state index in [-0.39, 0.29) is 15.1 Å². The molecule has 0 saturated carbocycles. The number of carbonyl (C=O) groups excluding carboxylic acids is 1. The molecule has 0 unspecified atom stereocenters. The van der Waals surface area contributed by atoms with E-state index in [1.165, 1.54) is 12.4 Å². The van der Waals surface area contributed by atoms with Crippen molar-refractivity contribution in [2.75, 3.05) is 13.7 Å². The maximum absolute atomic E-state index is 13.7. The van der Waals surface area contributed by atoms with Gasteiger partial charge in [-0.3, -0.25) is 4.98 Å². The number of nitrogens with one attached hydrogen (secondary N) is 1. The standard InChI is InChI=1S/C16H17BrF9N3O2/c1-3-29(13(30)28-11(15(21,22)23)4-5-14(18,19)20)12(16(24,25)26)9-6-8(17)10(31-2)7-27-9/h6-7,11-12H,3-5H2,1-2H3,(H,28,30)/t11-,12-/m0/s1. The number of aromatic nitrogens is 1. The molecular weight excluding hydrogens is 517 g/mol. The summed E-state index contributed by atoms with van der Waals surface area (Å²) in [7, 11) is 1.21. The Labute approximate surface area is 179 Å². The van der Waals surface area contributed by atoms with E-state index in [1.54, 1.807) is 0 Å². The van der Waals surface area contributed by atoms with E-state index in [9.17, 15) is 44.3 Å². The maximum atomic E-state index is 13.7. The average molecular weight is 534 g/mol. The van der Waals surface area contributed by atoms with Crippen LogP contribution in [0.15, 0.2) is 16.7 Å². The van der Waals surface area contributed by atoms with Crippen molar-refractivity contribution in [2.45, 2.75) is 50.4 Å². The minimum Gasteiger partial charge on any atom is -0.494 e. The van der Waals surface area contributed by atoms with Crippen LogP contribution < -0.4 is 10.1 Å². The van der Waals surface area contributed by atoms with E-state index < -0.39 is 61.7 Å². The smallest absolute Gasteiger partial charge is 0.414 e. The summed E-state index contributed by atoms with van der Waals surface area (Å²) in [4.78, 5) is 15.9. The summed E-state index contributed by atoms with van der Waals surface area (Å²) in [5, 5.41) is 1.24. The molecule has 0 aromatic carbocycles. The zero-order valence-corrected chi connectivity index (χ0v) is 17.5. The van der Waals surface area contributed by atoms with Crippen molar-refractivity contribution in [1.82, 2.24) is 15.2 Å². The second kappa shape index (κ2) is 10.1. The van der Waals surface area contributed by atoms with Crippen LogP contribution in [0.1, 0.15) is 31.5 Å². The number of amides is 2. The van der Waals surface area contributed by atoms with Gasteiger partial charge in [0.1, 0.15) is 6.04 Å². The molecule has 0 aliphatic heterocycles. The molecule has 2 amide bonds. The van der Waals surface area contributed by atoms with E-state index in [1.807, 2.05) is 0 Å². The van der Waals surface area contributed by atoms with Gasteiger partial charge in [0, 0.05) is 13.0 Å². The van der Waals surface area contributed by atoms with Gasteiger partial charge < -0.3 is 15.0 Å². The van der Waals surface area contributed by atoms with Crippen molar-refractivity contribution in [3.8, 4) is 5.75 Å². The highest BCUT2D eigenvalue weighted by Gasteiger charge is 2.49. The Bertz CT molecular complexity index is 753. The van der Waals surface area contributed by atoms with Crippen LogP contribution in [0.5, 0.6) is 5.75 Å². The molecule has 1 rings (SSSR count). The molecule has 0 aliphatic rings. The zero-order valence-electron chi connectivity index (χ0n) is 15.9. The van der Waals surface area contributed by atoms with Crippen LogP contribution in [0.25, 0.3) is 0 Å². The monoisotopic (exact) mass is 533 g/mol. The molecule has 0 fully saturated rings. The predicted molar refractivity (Wildman–Crippen MR) is 93.3 cm³/mol. The van der Waals surface area contributed by atoms with Gasteiger partial charge in [0.2, 0.25) is 0 Å². The third-order valence-electron chi connectivity index (χ3n) is 3.97. The van der Waals surface area contributed by atoms with Gasteiger partial charge in [0.15, 0.2) is 11.8 Å². The fourth-order valence-corrected chi connectivity index (χ4v) is 3.04. The topological polar surface area (TPSA) is 54.5 Å². The van der Waals surface area contributed by atoms with Gasteiger partial charge in [-0.1, -0.05) is 0 Å². The van der Waals surface area contributed by atoms with Crippen LogP contribution in [-0.2, 0) is 0 Å². The normalized spacial score (nSPS) is 14.7. The molecule has 0 aliphatic carbocycles. The second-order valence-corrected chi connectivity index (χ2v) is 7.03. The lowest BCUT2D eigenvalue weighted by molar-refractivity contribution is -0.182. The van der Waals surface area contributed by atoms with Crippen LogP contribution >= 0.6 is 15.9 Å². The first kappa shape index (κ1) is 27.1. The van der Waals surface area contributed by atoms with Crippen molar-refractivity contribution in [3.05, 3.63) is 22.4 Å². The molecule has 31 heavy (non-hydrogen) atoms. The molecule has 0 bridgehead atoms. The Morgan fingerprint density at radius 2 is 1.74 bits per heavy atom. The lowest BCUT2D eigenvalue weighted by Gasteiger charge is -2.34. The molecule has 0 spiro atoms. The highest BCUT2D eigenvalue weighted by molar-refractivity contribution is 9.10. The number of rotatable bonds is 7. The maximum Gasteiger partial charge on any atom is 0.414 e. The van der Waals surface area contributed by atoms with Crippen molar-refractivity contribution < 1.29 is 49.0 Å². The Kier molecular flexibility index (Phi) is 8.85. The summed E-state index contributed by atoms with van der Waals surface area (Å²) in [6, 6.07) is -6.74. The number of carbonyl (C=O) groups is 1. The molecular formula is C16H17BrF9N3O2. The number of pyridine rings is 1. The Morgan fingerprint density at radius 1 is 1.16 bits per heavy atom. The summed E-state index contributed by atoms with van der Waals surface area (Å²) < 4.78 is 122. The number of methoxy groups -OCH3 is 1. The molecule has 15 heteroatoms. The van der Waals surface area contributed by atoms with Crippen molar-refractivity contribution in [2.24, 2.45) is 0 Å². The van der Waals surface area contributed by atoms with E-state index in [0.29, 0.717) is 0 Å². The van der Waals surface area contributed by atoms with E-state index >= 15 is 0 Å².